The van der Waals surface area contributed by atoms with Crippen LogP contribution in [0.2, 0.25) is 0 Å². The summed E-state index contributed by atoms with van der Waals surface area (Å²) >= 11 is 1.99. The normalized spacial score (nSPS) is 15.4. The second-order valence-electron chi connectivity index (χ2n) is 2.73. The monoisotopic (exact) mass is 278 g/mol. The molecule has 0 atom stereocenters. The van der Waals surface area contributed by atoms with Crippen molar-refractivity contribution in [1.29, 1.82) is 0 Å². The molecule has 98 valence electrons. The molecule has 0 aliphatic heterocycles. The van der Waals surface area contributed by atoms with Crippen LogP contribution in [0.15, 0.2) is 0 Å². The van der Waals surface area contributed by atoms with E-state index in [9.17, 15) is 35.1 Å². The van der Waals surface area contributed by atoms with E-state index in [0.717, 1.165) is 0 Å². The zero-order valence-electron chi connectivity index (χ0n) is 7.59. The highest BCUT2D eigenvalue weighted by atomic mass is 32.1. The summed E-state index contributed by atoms with van der Waals surface area (Å²) in [5.74, 6) is -4.99. The van der Waals surface area contributed by atoms with Gasteiger partial charge in [0.1, 0.15) is 0 Å². The predicted molar refractivity (Wildman–Crippen MR) is 40.2 cm³/mol. The molecule has 0 saturated carbocycles. The molecule has 0 bridgehead atoms. The fraction of sp³-hybridized carbons (Fsp3) is 1.00. The summed E-state index contributed by atoms with van der Waals surface area (Å²) in [4.78, 5) is 0. The second kappa shape index (κ2) is 4.21. The van der Waals surface area contributed by atoms with Gasteiger partial charge in [0, 0.05) is 6.42 Å². The molecular formula is C6H6F8OS. The first-order valence-electron chi connectivity index (χ1n) is 3.70. The third-order valence-electron chi connectivity index (χ3n) is 1.48. The fourth-order valence-electron chi connectivity index (χ4n) is 0.503. The average molecular weight is 278 g/mol. The number of rotatable bonds is 5. The minimum atomic E-state index is -5.82. The van der Waals surface area contributed by atoms with Crippen LogP contribution in [-0.4, -0.2) is 23.4 Å². The van der Waals surface area contributed by atoms with Gasteiger partial charge in [0.2, 0.25) is 0 Å². The Morgan fingerprint density at radius 2 is 1.25 bits per heavy atom. The molecule has 0 N–H and O–H groups in total. The van der Waals surface area contributed by atoms with E-state index < -0.39 is 29.8 Å². The van der Waals surface area contributed by atoms with E-state index in [-0.39, 0.29) is 0 Å². The molecule has 10 heteroatoms. The van der Waals surface area contributed by atoms with E-state index in [2.05, 4.69) is 4.74 Å². The summed E-state index contributed by atoms with van der Waals surface area (Å²) in [6.07, 6.45) is -13.1. The Morgan fingerprint density at radius 1 is 0.875 bits per heavy atom. The highest BCUT2D eigenvalue weighted by Gasteiger charge is 2.67. The molecule has 0 amide bonds. The third kappa shape index (κ3) is 3.12. The molecule has 1 nitrogen and oxygen atoms in total. The van der Waals surface area contributed by atoms with E-state index >= 15 is 0 Å². The first kappa shape index (κ1) is 15.8. The van der Waals surface area contributed by atoms with Gasteiger partial charge in [0.15, 0.2) is 0 Å². The van der Waals surface area contributed by atoms with Gasteiger partial charge in [-0.1, -0.05) is 19.6 Å². The smallest absolute Gasteiger partial charge is 0.245 e. The van der Waals surface area contributed by atoms with Crippen LogP contribution in [0, 0.1) is 0 Å². The summed E-state index contributed by atoms with van der Waals surface area (Å²) in [5, 5.41) is -5.31. The fourth-order valence-corrected chi connectivity index (χ4v) is 0.548. The number of hydrogen-bond acceptors (Lipinski definition) is 2. The number of ether oxygens (including phenoxy) is 1. The maximum Gasteiger partial charge on any atom is 0.434 e. The molecule has 0 aromatic rings. The van der Waals surface area contributed by atoms with Gasteiger partial charge in [-0.25, -0.2) is 4.74 Å². The molecule has 0 spiro atoms. The van der Waals surface area contributed by atoms with Crippen LogP contribution < -0.4 is 0 Å². The number of thiol groups is 1. The van der Waals surface area contributed by atoms with Crippen molar-refractivity contribution in [2.24, 2.45) is 0 Å². The van der Waals surface area contributed by atoms with Crippen molar-refractivity contribution in [3.63, 3.8) is 0 Å². The van der Waals surface area contributed by atoms with E-state index in [1.165, 1.54) is 0 Å². The topological polar surface area (TPSA) is 9.23 Å². The van der Waals surface area contributed by atoms with Crippen molar-refractivity contribution in [2.45, 2.75) is 36.7 Å². The van der Waals surface area contributed by atoms with E-state index in [1.807, 2.05) is 12.6 Å². The SMILES string of the molecule is CCC(F)(F)C(F)(F)OC(F)(F)C(F)(F)S. The minimum absolute atomic E-state index is 0.550. The Hall–Kier alpha value is -0.250. The Morgan fingerprint density at radius 3 is 1.50 bits per heavy atom. The third-order valence-corrected chi connectivity index (χ3v) is 1.74. The lowest BCUT2D eigenvalue weighted by atomic mass is 10.2. The molecule has 16 heavy (non-hydrogen) atoms. The van der Waals surface area contributed by atoms with Crippen molar-refractivity contribution >= 4 is 12.6 Å². The van der Waals surface area contributed by atoms with Gasteiger partial charge in [-0.15, -0.1) is 0 Å². The molecule has 0 aliphatic rings. The standard InChI is InChI=1S/C6H6F8OS/c1-2-3(7,8)4(9,10)15-5(11,12)6(13,14)16/h16H,2H2,1H3. The van der Waals surface area contributed by atoms with E-state index in [1.54, 1.807) is 0 Å². The van der Waals surface area contributed by atoms with Crippen molar-refractivity contribution in [1.82, 2.24) is 0 Å². The summed E-state index contributed by atoms with van der Waals surface area (Å²) in [6, 6.07) is 0. The zero-order valence-corrected chi connectivity index (χ0v) is 8.48. The van der Waals surface area contributed by atoms with Crippen LogP contribution in [0.3, 0.4) is 0 Å². The zero-order chi connectivity index (χ0) is 13.4. The van der Waals surface area contributed by atoms with Crippen molar-refractivity contribution in [3.05, 3.63) is 0 Å². The van der Waals surface area contributed by atoms with Crippen LogP contribution in [0.5, 0.6) is 0 Å². The largest absolute Gasteiger partial charge is 0.434 e. The molecule has 0 saturated heterocycles. The molecular weight excluding hydrogens is 272 g/mol. The van der Waals surface area contributed by atoms with Crippen LogP contribution in [0.4, 0.5) is 35.1 Å². The first-order valence-corrected chi connectivity index (χ1v) is 4.15. The van der Waals surface area contributed by atoms with Crippen molar-refractivity contribution < 1.29 is 39.9 Å². The molecule has 0 rings (SSSR count). The van der Waals surface area contributed by atoms with Gasteiger partial charge in [0.05, 0.1) is 0 Å². The number of hydrogen-bond donors (Lipinski definition) is 1. The molecule has 0 aromatic heterocycles. The van der Waals surface area contributed by atoms with Gasteiger partial charge in [-0.05, 0) is 0 Å². The number of halogens is 8. The average Bonchev–Trinajstić information content (AvgIpc) is 1.99. The molecule has 0 heterocycles. The Labute approximate surface area is 90.2 Å². The maximum atomic E-state index is 12.4. The molecule has 0 aliphatic carbocycles. The van der Waals surface area contributed by atoms with Crippen LogP contribution in [0.1, 0.15) is 13.3 Å². The van der Waals surface area contributed by atoms with Gasteiger partial charge < -0.3 is 0 Å². The van der Waals surface area contributed by atoms with Crippen LogP contribution in [0.25, 0.3) is 0 Å². The molecule has 0 unspecified atom stereocenters. The minimum Gasteiger partial charge on any atom is -0.245 e. The highest BCUT2D eigenvalue weighted by molar-refractivity contribution is 7.81. The van der Waals surface area contributed by atoms with Gasteiger partial charge in [-0.3, -0.25) is 0 Å². The van der Waals surface area contributed by atoms with Crippen LogP contribution >= 0.6 is 12.6 Å². The van der Waals surface area contributed by atoms with Gasteiger partial charge >= 0.3 is 23.4 Å². The lowest BCUT2D eigenvalue weighted by molar-refractivity contribution is -0.454. The lowest BCUT2D eigenvalue weighted by Crippen LogP contribution is -2.51. The predicted octanol–water partition coefficient (Wildman–Crippen LogP) is 3.76. The Kier molecular flexibility index (Phi) is 4.14. The highest BCUT2D eigenvalue weighted by Crippen LogP contribution is 2.46. The maximum absolute atomic E-state index is 12.4. The Balaban J connectivity index is 4.99. The summed E-state index contributed by atoms with van der Waals surface area (Å²) in [7, 11) is 0. The van der Waals surface area contributed by atoms with E-state index in [0.29, 0.717) is 6.92 Å². The van der Waals surface area contributed by atoms with Crippen LogP contribution in [-0.2, 0) is 4.74 Å². The molecule has 0 radical (unpaired) electrons. The molecule has 0 fully saturated rings. The summed E-state index contributed by atoms with van der Waals surface area (Å²) < 4.78 is 100. The van der Waals surface area contributed by atoms with Crippen molar-refractivity contribution in [3.8, 4) is 0 Å². The number of alkyl halides is 8. The lowest BCUT2D eigenvalue weighted by Gasteiger charge is -2.30. The first-order chi connectivity index (χ1) is 6.77. The quantitative estimate of drug-likeness (QED) is 0.595. The second-order valence-corrected chi connectivity index (χ2v) is 3.30. The Bertz CT molecular complexity index is 247. The summed E-state index contributed by atoms with van der Waals surface area (Å²) in [5.41, 5.74) is 0. The molecule has 0 aromatic carbocycles. The summed E-state index contributed by atoms with van der Waals surface area (Å²) in [6.45, 7) is 0.550. The van der Waals surface area contributed by atoms with Gasteiger partial charge in [-0.2, -0.15) is 35.1 Å². The van der Waals surface area contributed by atoms with E-state index in [4.69, 9.17) is 0 Å². The van der Waals surface area contributed by atoms with Crippen molar-refractivity contribution in [2.75, 3.05) is 0 Å². The van der Waals surface area contributed by atoms with Gasteiger partial charge in [0.25, 0.3) is 0 Å².